The summed E-state index contributed by atoms with van der Waals surface area (Å²) in [5, 5.41) is 0. The standard InChI is InChI=1S/C26H44O3/c1-5-28-16-19-10-13-26(17-29-18(2)3)20(14-19)6-8-22-23-9-7-21(15-27)25(23,4)12-11-24(22)26/h15,18-24H,5-14,16-17H2,1-4H3. The molecule has 0 saturated heterocycles. The first-order chi connectivity index (χ1) is 13.9. The van der Waals surface area contributed by atoms with Crippen molar-refractivity contribution >= 4 is 6.29 Å². The molecule has 29 heavy (non-hydrogen) atoms. The maximum Gasteiger partial charge on any atom is 0.123 e. The monoisotopic (exact) mass is 404 g/mol. The fourth-order valence-electron chi connectivity index (χ4n) is 8.44. The lowest BCUT2D eigenvalue weighted by molar-refractivity contribution is -0.165. The molecular formula is C26H44O3. The predicted octanol–water partition coefficient (Wildman–Crippen LogP) is 5.90. The summed E-state index contributed by atoms with van der Waals surface area (Å²) < 4.78 is 12.2. The third-order valence-electron chi connectivity index (χ3n) is 9.95. The Morgan fingerprint density at radius 2 is 1.86 bits per heavy atom. The summed E-state index contributed by atoms with van der Waals surface area (Å²) in [5.74, 6) is 4.22. The zero-order valence-electron chi connectivity index (χ0n) is 19.3. The van der Waals surface area contributed by atoms with Gasteiger partial charge in [-0.1, -0.05) is 6.92 Å². The average molecular weight is 405 g/mol. The first-order valence-corrected chi connectivity index (χ1v) is 12.6. The molecule has 4 fully saturated rings. The molecule has 4 aliphatic rings. The Morgan fingerprint density at radius 3 is 2.59 bits per heavy atom. The molecule has 4 rings (SSSR count). The molecule has 0 aromatic rings. The second-order valence-electron chi connectivity index (χ2n) is 11.4. The van der Waals surface area contributed by atoms with Crippen molar-refractivity contribution in [3.63, 3.8) is 0 Å². The van der Waals surface area contributed by atoms with Gasteiger partial charge < -0.3 is 14.3 Å². The van der Waals surface area contributed by atoms with Gasteiger partial charge in [0.25, 0.3) is 0 Å². The molecule has 0 heterocycles. The van der Waals surface area contributed by atoms with E-state index in [1.807, 2.05) is 0 Å². The molecule has 0 N–H and O–H groups in total. The highest BCUT2D eigenvalue weighted by Crippen LogP contribution is 2.67. The Morgan fingerprint density at radius 1 is 1.03 bits per heavy atom. The van der Waals surface area contributed by atoms with Crippen molar-refractivity contribution in [2.24, 2.45) is 46.3 Å². The van der Waals surface area contributed by atoms with Gasteiger partial charge in [0.05, 0.1) is 12.7 Å². The lowest BCUT2D eigenvalue weighted by Crippen LogP contribution is -2.56. The first-order valence-electron chi connectivity index (χ1n) is 12.6. The van der Waals surface area contributed by atoms with E-state index in [9.17, 15) is 4.79 Å². The van der Waals surface area contributed by atoms with Crippen molar-refractivity contribution in [1.82, 2.24) is 0 Å². The molecule has 0 aromatic heterocycles. The lowest BCUT2D eigenvalue weighted by atomic mass is 9.44. The molecule has 0 aromatic carbocycles. The van der Waals surface area contributed by atoms with E-state index in [1.165, 1.54) is 57.7 Å². The average Bonchev–Trinajstić information content (AvgIpc) is 3.06. The van der Waals surface area contributed by atoms with E-state index < -0.39 is 0 Å². The Balaban J connectivity index is 1.57. The molecule has 8 unspecified atom stereocenters. The topological polar surface area (TPSA) is 35.5 Å². The summed E-state index contributed by atoms with van der Waals surface area (Å²) in [6.07, 6.45) is 13.3. The molecule has 0 spiro atoms. The van der Waals surface area contributed by atoms with Crippen LogP contribution in [0.2, 0.25) is 0 Å². The predicted molar refractivity (Wildman–Crippen MR) is 117 cm³/mol. The number of rotatable bonds is 7. The van der Waals surface area contributed by atoms with Crippen LogP contribution in [0.3, 0.4) is 0 Å². The van der Waals surface area contributed by atoms with Gasteiger partial charge >= 0.3 is 0 Å². The van der Waals surface area contributed by atoms with Gasteiger partial charge in [-0.15, -0.1) is 0 Å². The molecular weight excluding hydrogens is 360 g/mol. The van der Waals surface area contributed by atoms with Crippen molar-refractivity contribution in [3.05, 3.63) is 0 Å². The van der Waals surface area contributed by atoms with E-state index in [0.717, 1.165) is 55.8 Å². The van der Waals surface area contributed by atoms with Gasteiger partial charge in [0.15, 0.2) is 0 Å². The molecule has 3 heteroatoms. The summed E-state index contributed by atoms with van der Waals surface area (Å²) in [5.41, 5.74) is 0.637. The van der Waals surface area contributed by atoms with Gasteiger partial charge in [-0.05, 0) is 119 Å². The van der Waals surface area contributed by atoms with E-state index in [1.54, 1.807) is 0 Å². The number of ether oxygens (including phenoxy) is 2. The number of carbonyl (C=O) groups excluding carboxylic acids is 1. The molecule has 166 valence electrons. The maximum absolute atomic E-state index is 11.8. The van der Waals surface area contributed by atoms with Crippen molar-refractivity contribution < 1.29 is 14.3 Å². The zero-order chi connectivity index (χ0) is 20.6. The lowest BCUT2D eigenvalue weighted by Gasteiger charge is -2.62. The van der Waals surface area contributed by atoms with E-state index in [0.29, 0.717) is 17.4 Å². The van der Waals surface area contributed by atoms with Crippen LogP contribution < -0.4 is 0 Å². The zero-order valence-corrected chi connectivity index (χ0v) is 19.3. The van der Waals surface area contributed by atoms with Crippen LogP contribution in [0.15, 0.2) is 0 Å². The summed E-state index contributed by atoms with van der Waals surface area (Å²) in [6.45, 7) is 11.7. The largest absolute Gasteiger partial charge is 0.381 e. The summed E-state index contributed by atoms with van der Waals surface area (Å²) in [7, 11) is 0. The van der Waals surface area contributed by atoms with Crippen molar-refractivity contribution in [2.75, 3.05) is 19.8 Å². The smallest absolute Gasteiger partial charge is 0.123 e. The minimum absolute atomic E-state index is 0.266. The minimum atomic E-state index is 0.266. The van der Waals surface area contributed by atoms with E-state index in [-0.39, 0.29) is 5.41 Å². The van der Waals surface area contributed by atoms with E-state index in [2.05, 4.69) is 27.7 Å². The van der Waals surface area contributed by atoms with Crippen LogP contribution in [0.4, 0.5) is 0 Å². The minimum Gasteiger partial charge on any atom is -0.381 e. The van der Waals surface area contributed by atoms with Gasteiger partial charge in [-0.25, -0.2) is 0 Å². The van der Waals surface area contributed by atoms with Gasteiger partial charge in [-0.3, -0.25) is 0 Å². The number of hydrogen-bond acceptors (Lipinski definition) is 3. The van der Waals surface area contributed by atoms with Crippen molar-refractivity contribution in [3.8, 4) is 0 Å². The number of fused-ring (bicyclic) bond motifs is 5. The van der Waals surface area contributed by atoms with Gasteiger partial charge in [-0.2, -0.15) is 0 Å². The van der Waals surface area contributed by atoms with Crippen LogP contribution in [0.5, 0.6) is 0 Å². The summed E-state index contributed by atoms with van der Waals surface area (Å²) in [6, 6.07) is 0. The summed E-state index contributed by atoms with van der Waals surface area (Å²) >= 11 is 0. The van der Waals surface area contributed by atoms with Crippen molar-refractivity contribution in [2.45, 2.75) is 91.6 Å². The number of hydrogen-bond donors (Lipinski definition) is 0. The maximum atomic E-state index is 11.8. The normalized spacial score (nSPS) is 46.8. The third-order valence-corrected chi connectivity index (χ3v) is 9.95. The van der Waals surface area contributed by atoms with Crippen LogP contribution in [0, 0.1) is 46.3 Å². The molecule has 8 atom stereocenters. The molecule has 0 aliphatic heterocycles. The Kier molecular flexibility index (Phi) is 6.48. The van der Waals surface area contributed by atoms with Gasteiger partial charge in [0.1, 0.15) is 6.29 Å². The van der Waals surface area contributed by atoms with Gasteiger partial charge in [0, 0.05) is 19.1 Å². The molecule has 3 nitrogen and oxygen atoms in total. The highest BCUT2D eigenvalue weighted by molar-refractivity contribution is 5.56. The molecule has 0 bridgehead atoms. The second-order valence-corrected chi connectivity index (χ2v) is 11.4. The van der Waals surface area contributed by atoms with Crippen molar-refractivity contribution in [1.29, 1.82) is 0 Å². The van der Waals surface area contributed by atoms with Crippen LogP contribution >= 0.6 is 0 Å². The summed E-state index contributed by atoms with van der Waals surface area (Å²) in [4.78, 5) is 11.8. The molecule has 4 aliphatic carbocycles. The van der Waals surface area contributed by atoms with Crippen LogP contribution in [-0.4, -0.2) is 32.2 Å². The molecule has 4 saturated carbocycles. The fourth-order valence-corrected chi connectivity index (χ4v) is 8.44. The number of carbonyl (C=O) groups is 1. The Hall–Kier alpha value is -0.410. The fraction of sp³-hybridized carbons (Fsp3) is 0.962. The van der Waals surface area contributed by atoms with E-state index >= 15 is 0 Å². The highest BCUT2D eigenvalue weighted by atomic mass is 16.5. The Labute approximate surface area is 178 Å². The third kappa shape index (κ3) is 3.73. The highest BCUT2D eigenvalue weighted by Gasteiger charge is 2.61. The first kappa shape index (κ1) is 21.8. The SMILES string of the molecule is CCOCC1CCC2(COC(C)C)C(CCC3C4CCC(C=O)C4(C)CCC32)C1. The Bertz CT molecular complexity index is 574. The molecule has 0 amide bonds. The van der Waals surface area contributed by atoms with Gasteiger partial charge in [0.2, 0.25) is 0 Å². The van der Waals surface area contributed by atoms with Crippen LogP contribution in [-0.2, 0) is 14.3 Å². The molecule has 0 radical (unpaired) electrons. The van der Waals surface area contributed by atoms with E-state index in [4.69, 9.17) is 9.47 Å². The van der Waals surface area contributed by atoms with Crippen LogP contribution in [0.1, 0.15) is 85.5 Å². The van der Waals surface area contributed by atoms with Crippen LogP contribution in [0.25, 0.3) is 0 Å². The quantitative estimate of drug-likeness (QED) is 0.495. The second kappa shape index (κ2) is 8.61. The number of aldehydes is 1.